The topological polar surface area (TPSA) is 54.9 Å². The Bertz CT molecular complexity index is 1030. The number of halogens is 4. The van der Waals surface area contributed by atoms with Gasteiger partial charge in [-0.2, -0.15) is 13.2 Å². The number of anilines is 1. The number of hydrogen-bond donors (Lipinski definition) is 1. The van der Waals surface area contributed by atoms with E-state index in [0.29, 0.717) is 5.16 Å². The van der Waals surface area contributed by atoms with Gasteiger partial charge in [-0.25, -0.2) is 9.97 Å². The fourth-order valence-electron chi connectivity index (χ4n) is 2.47. The Hall–Kier alpha value is -2.58. The van der Waals surface area contributed by atoms with Gasteiger partial charge in [-0.1, -0.05) is 53.7 Å². The first-order valence-corrected chi connectivity index (χ1v) is 9.79. The number of thioether (sulfide) groups is 1. The van der Waals surface area contributed by atoms with Gasteiger partial charge in [-0.3, -0.25) is 4.79 Å². The lowest BCUT2D eigenvalue weighted by Gasteiger charge is -2.11. The Morgan fingerprint density at radius 1 is 1.10 bits per heavy atom. The maximum absolute atomic E-state index is 12.7. The van der Waals surface area contributed by atoms with Crippen LogP contribution in [0.15, 0.2) is 59.8 Å². The van der Waals surface area contributed by atoms with Gasteiger partial charge in [0.2, 0.25) is 5.91 Å². The van der Waals surface area contributed by atoms with Crippen molar-refractivity contribution >= 4 is 35.0 Å². The molecule has 0 aliphatic carbocycles. The molecule has 0 saturated carbocycles. The van der Waals surface area contributed by atoms with Crippen LogP contribution in [0.2, 0.25) is 5.02 Å². The van der Waals surface area contributed by atoms with Crippen LogP contribution >= 0.6 is 23.4 Å². The van der Waals surface area contributed by atoms with E-state index in [0.717, 1.165) is 46.9 Å². The van der Waals surface area contributed by atoms with Crippen LogP contribution in [0.4, 0.5) is 18.9 Å². The van der Waals surface area contributed by atoms with E-state index in [9.17, 15) is 18.0 Å². The molecule has 0 unspecified atom stereocenters. The molecule has 4 nitrogen and oxygen atoms in total. The molecule has 0 spiro atoms. The van der Waals surface area contributed by atoms with Crippen LogP contribution in [0, 0.1) is 6.92 Å². The van der Waals surface area contributed by atoms with E-state index in [-0.39, 0.29) is 16.5 Å². The van der Waals surface area contributed by atoms with Gasteiger partial charge in [0.15, 0.2) is 5.16 Å². The SMILES string of the molecule is Cc1cc(-c2ccccc2)nc(SCC(=O)Nc2ccc(C(F)(F)F)cc2Cl)n1. The average Bonchev–Trinajstić information content (AvgIpc) is 2.67. The smallest absolute Gasteiger partial charge is 0.324 e. The maximum Gasteiger partial charge on any atom is 0.416 e. The molecule has 0 fully saturated rings. The monoisotopic (exact) mass is 437 g/mol. The Kier molecular flexibility index (Phi) is 6.44. The zero-order chi connectivity index (χ0) is 21.0. The molecule has 1 aromatic heterocycles. The maximum atomic E-state index is 12.7. The second kappa shape index (κ2) is 8.84. The number of aromatic nitrogens is 2. The van der Waals surface area contributed by atoms with Crippen LogP contribution < -0.4 is 5.32 Å². The summed E-state index contributed by atoms with van der Waals surface area (Å²) in [4.78, 5) is 21.0. The fraction of sp³-hybridized carbons (Fsp3) is 0.150. The van der Waals surface area contributed by atoms with E-state index in [1.54, 1.807) is 0 Å². The quantitative estimate of drug-likeness (QED) is 0.401. The van der Waals surface area contributed by atoms with Crippen molar-refractivity contribution in [3.8, 4) is 11.3 Å². The van der Waals surface area contributed by atoms with Crippen molar-refractivity contribution < 1.29 is 18.0 Å². The number of carbonyl (C=O) groups is 1. The molecule has 150 valence electrons. The fourth-order valence-corrected chi connectivity index (χ4v) is 3.40. The summed E-state index contributed by atoms with van der Waals surface area (Å²) in [6.45, 7) is 1.83. The number of hydrogen-bond acceptors (Lipinski definition) is 4. The second-order valence-electron chi connectivity index (χ2n) is 6.07. The molecule has 29 heavy (non-hydrogen) atoms. The number of rotatable bonds is 5. The third-order valence-electron chi connectivity index (χ3n) is 3.81. The highest BCUT2D eigenvalue weighted by atomic mass is 35.5. The van der Waals surface area contributed by atoms with Crippen LogP contribution in [0.25, 0.3) is 11.3 Å². The average molecular weight is 438 g/mol. The molecule has 0 saturated heterocycles. The van der Waals surface area contributed by atoms with Gasteiger partial charge in [0.25, 0.3) is 0 Å². The zero-order valence-electron chi connectivity index (χ0n) is 15.1. The van der Waals surface area contributed by atoms with Crippen LogP contribution in [0.3, 0.4) is 0 Å². The summed E-state index contributed by atoms with van der Waals surface area (Å²) >= 11 is 6.99. The van der Waals surface area contributed by atoms with Crippen molar-refractivity contribution in [1.82, 2.24) is 9.97 Å². The van der Waals surface area contributed by atoms with E-state index < -0.39 is 17.6 Å². The van der Waals surface area contributed by atoms with E-state index in [1.807, 2.05) is 43.3 Å². The molecule has 0 radical (unpaired) electrons. The summed E-state index contributed by atoms with van der Waals surface area (Å²) in [5.41, 5.74) is 1.66. The van der Waals surface area contributed by atoms with Crippen LogP contribution in [-0.2, 0) is 11.0 Å². The first kappa shape index (κ1) is 21.1. The third-order valence-corrected chi connectivity index (χ3v) is 4.97. The summed E-state index contributed by atoms with van der Waals surface area (Å²) in [6, 6.07) is 14.2. The standard InChI is InChI=1S/C20H15ClF3N3OS/c1-12-9-17(13-5-3-2-4-6-13)27-19(25-12)29-11-18(28)26-16-8-7-14(10-15(16)21)20(22,23)24/h2-10H,11H2,1H3,(H,26,28). The molecular weight excluding hydrogens is 423 g/mol. The normalized spacial score (nSPS) is 11.3. The van der Waals surface area contributed by atoms with E-state index in [1.165, 1.54) is 0 Å². The van der Waals surface area contributed by atoms with Crippen molar-refractivity contribution in [2.24, 2.45) is 0 Å². The lowest BCUT2D eigenvalue weighted by Crippen LogP contribution is -2.15. The first-order valence-electron chi connectivity index (χ1n) is 8.43. The summed E-state index contributed by atoms with van der Waals surface area (Å²) in [7, 11) is 0. The Labute approximate surface area is 174 Å². The highest BCUT2D eigenvalue weighted by Crippen LogP contribution is 2.33. The Morgan fingerprint density at radius 3 is 2.48 bits per heavy atom. The number of carbonyl (C=O) groups excluding carboxylic acids is 1. The van der Waals surface area contributed by atoms with Crippen molar-refractivity contribution in [3.63, 3.8) is 0 Å². The van der Waals surface area contributed by atoms with Gasteiger partial charge in [0.1, 0.15) is 0 Å². The number of nitrogens with one attached hydrogen (secondary N) is 1. The molecule has 0 atom stereocenters. The van der Waals surface area contributed by atoms with Gasteiger partial charge >= 0.3 is 6.18 Å². The van der Waals surface area contributed by atoms with E-state index in [2.05, 4.69) is 15.3 Å². The molecule has 1 amide bonds. The van der Waals surface area contributed by atoms with E-state index in [4.69, 9.17) is 11.6 Å². The largest absolute Gasteiger partial charge is 0.416 e. The third kappa shape index (κ3) is 5.71. The Morgan fingerprint density at radius 2 is 1.83 bits per heavy atom. The minimum Gasteiger partial charge on any atom is -0.324 e. The molecule has 0 bridgehead atoms. The summed E-state index contributed by atoms with van der Waals surface area (Å²) in [6.07, 6.45) is -4.50. The lowest BCUT2D eigenvalue weighted by molar-refractivity contribution is -0.137. The molecule has 0 aliphatic heterocycles. The van der Waals surface area contributed by atoms with Crippen LogP contribution in [0.1, 0.15) is 11.3 Å². The number of benzene rings is 2. The second-order valence-corrected chi connectivity index (χ2v) is 7.42. The summed E-state index contributed by atoms with van der Waals surface area (Å²) < 4.78 is 38.1. The predicted molar refractivity (Wildman–Crippen MR) is 108 cm³/mol. The molecule has 3 rings (SSSR count). The predicted octanol–water partition coefficient (Wildman–Crippen LogP) is 5.86. The van der Waals surface area contributed by atoms with Gasteiger partial charge in [-0.05, 0) is 31.2 Å². The van der Waals surface area contributed by atoms with Crippen molar-refractivity contribution in [2.75, 3.05) is 11.1 Å². The minimum atomic E-state index is -4.50. The molecular formula is C20H15ClF3N3OS. The molecule has 3 aromatic rings. The van der Waals surface area contributed by atoms with Crippen LogP contribution in [-0.4, -0.2) is 21.6 Å². The zero-order valence-corrected chi connectivity index (χ0v) is 16.7. The van der Waals surface area contributed by atoms with E-state index >= 15 is 0 Å². The van der Waals surface area contributed by atoms with Crippen molar-refractivity contribution in [2.45, 2.75) is 18.3 Å². The molecule has 1 heterocycles. The summed E-state index contributed by atoms with van der Waals surface area (Å²) in [5.74, 6) is -0.447. The highest BCUT2D eigenvalue weighted by Gasteiger charge is 2.31. The Balaban J connectivity index is 1.66. The van der Waals surface area contributed by atoms with Gasteiger partial charge in [-0.15, -0.1) is 0 Å². The molecule has 9 heteroatoms. The number of amides is 1. The lowest BCUT2D eigenvalue weighted by atomic mass is 10.1. The van der Waals surface area contributed by atoms with Crippen molar-refractivity contribution in [1.29, 1.82) is 0 Å². The molecule has 0 aliphatic rings. The molecule has 1 N–H and O–H groups in total. The minimum absolute atomic E-state index is 0.0188. The number of aryl methyl sites for hydroxylation is 1. The first-order chi connectivity index (χ1) is 13.7. The summed E-state index contributed by atoms with van der Waals surface area (Å²) in [5, 5.41) is 2.75. The van der Waals surface area contributed by atoms with Gasteiger partial charge in [0, 0.05) is 11.3 Å². The van der Waals surface area contributed by atoms with Crippen LogP contribution in [0.5, 0.6) is 0 Å². The van der Waals surface area contributed by atoms with Gasteiger partial charge in [0.05, 0.1) is 27.7 Å². The number of nitrogens with zero attached hydrogens (tertiary/aromatic N) is 2. The van der Waals surface area contributed by atoms with Gasteiger partial charge < -0.3 is 5.32 Å². The van der Waals surface area contributed by atoms with Crippen molar-refractivity contribution in [3.05, 3.63) is 70.9 Å². The highest BCUT2D eigenvalue weighted by molar-refractivity contribution is 7.99. The molecule has 2 aromatic carbocycles. The number of alkyl halides is 3.